The maximum absolute atomic E-state index is 14.8. The topological polar surface area (TPSA) is 97.7 Å². The fourth-order valence-corrected chi connectivity index (χ4v) is 8.71. The highest BCUT2D eigenvalue weighted by Crippen LogP contribution is 2.47. The predicted molar refractivity (Wildman–Crippen MR) is 134 cm³/mol. The van der Waals surface area contributed by atoms with Gasteiger partial charge >= 0.3 is 20.2 Å². The van der Waals surface area contributed by atoms with Gasteiger partial charge in [0.15, 0.2) is 16.5 Å². The molecule has 2 aromatic rings. The van der Waals surface area contributed by atoms with Crippen molar-refractivity contribution in [2.45, 2.75) is 105 Å². The van der Waals surface area contributed by atoms with Crippen LogP contribution in [0.15, 0.2) is 21.9 Å². The summed E-state index contributed by atoms with van der Waals surface area (Å²) in [5.41, 5.74) is 2.02. The van der Waals surface area contributed by atoms with Crippen molar-refractivity contribution in [1.29, 1.82) is 0 Å². The molecule has 0 aromatic heterocycles. The van der Waals surface area contributed by atoms with Crippen LogP contribution in [-0.4, -0.2) is 21.4 Å². The molecule has 214 valence electrons. The first-order chi connectivity index (χ1) is 18.4. The minimum Gasteiger partial charge on any atom is -0.372 e. The molecule has 0 radical (unpaired) electrons. The summed E-state index contributed by atoms with van der Waals surface area (Å²) in [7, 11) is -10.7. The Hall–Kier alpha value is -2.18. The van der Waals surface area contributed by atoms with Crippen molar-refractivity contribution in [1.82, 2.24) is 0 Å². The summed E-state index contributed by atoms with van der Waals surface area (Å²) in [5, 5.41) is 0. The minimum absolute atomic E-state index is 0.134. The Balaban J connectivity index is 1.70. The molecule has 2 aromatic carbocycles. The van der Waals surface area contributed by atoms with Gasteiger partial charge in [0.05, 0.1) is 0 Å². The van der Waals surface area contributed by atoms with Crippen LogP contribution in [0.3, 0.4) is 0 Å². The van der Waals surface area contributed by atoms with Crippen LogP contribution in [-0.2, 0) is 20.2 Å². The van der Waals surface area contributed by atoms with E-state index in [0.717, 1.165) is 82.6 Å². The van der Waals surface area contributed by atoms with Crippen LogP contribution < -0.4 is 4.18 Å². The van der Waals surface area contributed by atoms with Gasteiger partial charge in [-0.15, -0.1) is 0 Å². The molecule has 3 aliphatic carbocycles. The van der Waals surface area contributed by atoms with Crippen LogP contribution in [0.25, 0.3) is 0 Å². The van der Waals surface area contributed by atoms with Crippen LogP contribution in [0.4, 0.5) is 17.6 Å². The van der Waals surface area contributed by atoms with Crippen molar-refractivity contribution in [3.8, 4) is 5.75 Å². The third-order valence-electron chi connectivity index (χ3n) is 8.47. The second kappa shape index (κ2) is 10.7. The third-order valence-corrected chi connectivity index (χ3v) is 10.7. The Morgan fingerprint density at radius 3 is 1.38 bits per heavy atom. The fourth-order valence-electron chi connectivity index (χ4n) is 6.60. The number of rotatable bonds is 7. The van der Waals surface area contributed by atoms with E-state index in [9.17, 15) is 34.4 Å². The number of hydrogen-bond acceptors (Lipinski definition) is 5. The molecule has 0 spiro atoms. The Labute approximate surface area is 225 Å². The molecule has 1 N–H and O–H groups in total. The standard InChI is InChI=1S/C27H30F4O6S2/c28-21-23(30)27(38(32,33)34)24(31)22(29)25(21)37-39(35,36)26-19(16-9-3-4-10-16)13-18(15-7-1-2-8-15)14-20(26)17-11-5-6-12-17/h13-17H,1-12H2,(H,32,33,34). The monoisotopic (exact) mass is 590 g/mol. The second-order valence-corrected chi connectivity index (χ2v) is 13.7. The molecule has 3 saturated carbocycles. The van der Waals surface area contributed by atoms with Crippen molar-refractivity contribution < 1.29 is 43.1 Å². The van der Waals surface area contributed by atoms with E-state index >= 15 is 0 Å². The molecule has 6 nitrogen and oxygen atoms in total. The average Bonchev–Trinajstić information content (AvgIpc) is 3.67. The van der Waals surface area contributed by atoms with Crippen LogP contribution in [0.1, 0.15) is 111 Å². The Morgan fingerprint density at radius 1 is 0.615 bits per heavy atom. The molecule has 0 amide bonds. The zero-order valence-electron chi connectivity index (χ0n) is 21.2. The van der Waals surface area contributed by atoms with Gasteiger partial charge < -0.3 is 4.18 Å². The lowest BCUT2D eigenvalue weighted by molar-refractivity contribution is 0.364. The lowest BCUT2D eigenvalue weighted by Gasteiger charge is -2.25. The van der Waals surface area contributed by atoms with Gasteiger partial charge in [0.25, 0.3) is 0 Å². The second-order valence-electron chi connectivity index (χ2n) is 10.9. The van der Waals surface area contributed by atoms with Crippen molar-refractivity contribution in [3.05, 3.63) is 52.1 Å². The van der Waals surface area contributed by atoms with Gasteiger partial charge in [-0.2, -0.15) is 25.6 Å². The van der Waals surface area contributed by atoms with Crippen LogP contribution >= 0.6 is 0 Å². The summed E-state index contributed by atoms with van der Waals surface area (Å²) in [4.78, 5) is -2.48. The summed E-state index contributed by atoms with van der Waals surface area (Å²) >= 11 is 0. The molecule has 5 rings (SSSR count). The van der Waals surface area contributed by atoms with Crippen LogP contribution in [0.2, 0.25) is 0 Å². The highest BCUT2D eigenvalue weighted by molar-refractivity contribution is 7.87. The summed E-state index contributed by atoms with van der Waals surface area (Å²) in [6, 6.07) is 3.71. The first-order valence-electron chi connectivity index (χ1n) is 13.4. The van der Waals surface area contributed by atoms with Gasteiger partial charge in [-0.1, -0.05) is 50.7 Å². The number of hydrogen-bond donors (Lipinski definition) is 1. The molecule has 0 heterocycles. The van der Waals surface area contributed by atoms with E-state index in [2.05, 4.69) is 0 Å². The van der Waals surface area contributed by atoms with E-state index in [1.807, 2.05) is 12.1 Å². The third kappa shape index (κ3) is 5.31. The van der Waals surface area contributed by atoms with Gasteiger partial charge in [-0.3, -0.25) is 4.55 Å². The van der Waals surface area contributed by atoms with Gasteiger partial charge in [0.1, 0.15) is 4.90 Å². The first-order valence-corrected chi connectivity index (χ1v) is 16.2. The predicted octanol–water partition coefficient (Wildman–Crippen LogP) is 7.23. The van der Waals surface area contributed by atoms with E-state index in [1.165, 1.54) is 0 Å². The molecular weight excluding hydrogens is 560 g/mol. The smallest absolute Gasteiger partial charge is 0.339 e. The zero-order chi connectivity index (χ0) is 28.1. The maximum atomic E-state index is 14.8. The molecule has 0 atom stereocenters. The molecule has 0 saturated heterocycles. The summed E-state index contributed by atoms with van der Waals surface area (Å²) in [5.74, 6) is -11.6. The van der Waals surface area contributed by atoms with E-state index in [-0.39, 0.29) is 22.6 Å². The van der Waals surface area contributed by atoms with Crippen LogP contribution in [0.5, 0.6) is 5.75 Å². The van der Waals surface area contributed by atoms with Crippen LogP contribution in [0, 0.1) is 23.3 Å². The Kier molecular flexibility index (Phi) is 7.75. The first kappa shape index (κ1) is 28.4. The van der Waals surface area contributed by atoms with Crippen molar-refractivity contribution in [2.24, 2.45) is 0 Å². The van der Waals surface area contributed by atoms with E-state index in [0.29, 0.717) is 11.1 Å². The minimum atomic E-state index is -5.71. The molecule has 0 bridgehead atoms. The van der Waals surface area contributed by atoms with Gasteiger partial charge in [0, 0.05) is 0 Å². The molecule has 3 aliphatic rings. The SMILES string of the molecule is O=S(=O)(O)c1c(F)c(F)c(OS(=O)(=O)c2c(C3CCCC3)cc(C3CCCC3)cc2C2CCCC2)c(F)c1F. The van der Waals surface area contributed by atoms with Gasteiger partial charge in [0.2, 0.25) is 17.4 Å². The lowest BCUT2D eigenvalue weighted by Crippen LogP contribution is -2.20. The summed E-state index contributed by atoms with van der Waals surface area (Å²) in [6.45, 7) is 0. The van der Waals surface area contributed by atoms with E-state index < -0.39 is 54.2 Å². The lowest BCUT2D eigenvalue weighted by atomic mass is 9.85. The van der Waals surface area contributed by atoms with Gasteiger partial charge in [-0.25, -0.2) is 8.78 Å². The zero-order valence-corrected chi connectivity index (χ0v) is 22.8. The highest BCUT2D eigenvalue weighted by Gasteiger charge is 2.39. The average molecular weight is 591 g/mol. The van der Waals surface area contributed by atoms with Crippen molar-refractivity contribution in [3.63, 3.8) is 0 Å². The highest BCUT2D eigenvalue weighted by atomic mass is 32.2. The number of halogens is 4. The fraction of sp³-hybridized carbons (Fsp3) is 0.556. The summed E-state index contributed by atoms with van der Waals surface area (Å²) < 4.78 is 123. The molecule has 39 heavy (non-hydrogen) atoms. The Bertz CT molecular complexity index is 1420. The quantitative estimate of drug-likeness (QED) is 0.158. The van der Waals surface area contributed by atoms with Gasteiger partial charge in [-0.05, 0) is 73.0 Å². The molecular formula is C27H30F4O6S2. The molecule has 3 fully saturated rings. The molecule has 0 unspecified atom stereocenters. The number of benzene rings is 2. The van der Waals surface area contributed by atoms with Crippen molar-refractivity contribution >= 4 is 20.2 Å². The van der Waals surface area contributed by atoms with E-state index in [4.69, 9.17) is 8.74 Å². The normalized spacial score (nSPS) is 19.8. The largest absolute Gasteiger partial charge is 0.372 e. The Morgan fingerprint density at radius 2 is 1.00 bits per heavy atom. The maximum Gasteiger partial charge on any atom is 0.339 e. The van der Waals surface area contributed by atoms with E-state index in [1.54, 1.807) is 0 Å². The van der Waals surface area contributed by atoms with Crippen molar-refractivity contribution in [2.75, 3.05) is 0 Å². The molecule has 0 aliphatic heterocycles. The summed E-state index contributed by atoms with van der Waals surface area (Å²) in [6.07, 6.45) is 10.5. The molecule has 12 heteroatoms.